The Morgan fingerprint density at radius 3 is 2.60 bits per heavy atom. The van der Waals surface area contributed by atoms with Crippen LogP contribution < -0.4 is 5.32 Å². The molecule has 0 radical (unpaired) electrons. The molecule has 3 heteroatoms. The molecule has 0 aromatic carbocycles. The number of aryl methyl sites for hydroxylation is 1. The van der Waals surface area contributed by atoms with Crippen LogP contribution in [0.25, 0.3) is 0 Å². The Morgan fingerprint density at radius 1 is 1.47 bits per heavy atom. The average Bonchev–Trinajstić information content (AvgIpc) is 2.60. The number of rotatable bonds is 4. The van der Waals surface area contributed by atoms with Gasteiger partial charge in [0.1, 0.15) is 5.82 Å². The number of nitrogens with one attached hydrogen (secondary N) is 1. The highest BCUT2D eigenvalue weighted by molar-refractivity contribution is 5.00. The summed E-state index contributed by atoms with van der Waals surface area (Å²) in [5.74, 6) is 1.15. The summed E-state index contributed by atoms with van der Waals surface area (Å²) in [6.07, 6.45) is 5.02. The molecule has 0 saturated heterocycles. The monoisotopic (exact) mass is 209 g/mol. The van der Waals surface area contributed by atoms with Gasteiger partial charge in [0.2, 0.25) is 0 Å². The van der Waals surface area contributed by atoms with Gasteiger partial charge in [-0.05, 0) is 25.8 Å². The zero-order valence-corrected chi connectivity index (χ0v) is 10.5. The molecule has 0 saturated carbocycles. The van der Waals surface area contributed by atoms with Crippen LogP contribution in [0.2, 0.25) is 0 Å². The first kappa shape index (κ1) is 12.2. The van der Waals surface area contributed by atoms with Gasteiger partial charge in [-0.2, -0.15) is 0 Å². The Bertz CT molecular complexity index is 296. The summed E-state index contributed by atoms with van der Waals surface area (Å²) in [7, 11) is 2.01. The van der Waals surface area contributed by atoms with Crippen molar-refractivity contribution in [2.24, 2.45) is 5.41 Å². The first-order valence-corrected chi connectivity index (χ1v) is 5.66. The molecule has 3 nitrogen and oxygen atoms in total. The summed E-state index contributed by atoms with van der Waals surface area (Å²) in [6, 6.07) is 0.347. The van der Waals surface area contributed by atoms with Gasteiger partial charge < -0.3 is 9.88 Å². The van der Waals surface area contributed by atoms with Crippen molar-refractivity contribution in [2.75, 3.05) is 7.05 Å². The van der Waals surface area contributed by atoms with E-state index in [0.717, 1.165) is 18.8 Å². The van der Waals surface area contributed by atoms with E-state index in [9.17, 15) is 0 Å². The molecule has 0 bridgehead atoms. The molecule has 0 amide bonds. The van der Waals surface area contributed by atoms with E-state index in [2.05, 4.69) is 42.6 Å². The van der Waals surface area contributed by atoms with E-state index >= 15 is 0 Å². The lowest BCUT2D eigenvalue weighted by Gasteiger charge is -2.25. The molecule has 86 valence electrons. The number of hydrogen-bond donors (Lipinski definition) is 1. The molecule has 1 heterocycles. The van der Waals surface area contributed by atoms with Crippen molar-refractivity contribution < 1.29 is 0 Å². The molecule has 1 aromatic rings. The standard InChI is InChI=1S/C12H23N3/c1-6-15-8-7-14-11(15)10(13-5)9-12(2,3)4/h7-8,10,13H,6,9H2,1-5H3. The minimum Gasteiger partial charge on any atom is -0.334 e. The minimum absolute atomic E-state index is 0.318. The van der Waals surface area contributed by atoms with Crippen LogP contribution in [0.1, 0.15) is 46.0 Å². The maximum atomic E-state index is 4.44. The van der Waals surface area contributed by atoms with E-state index in [1.165, 1.54) is 0 Å². The highest BCUT2D eigenvalue weighted by atomic mass is 15.1. The molecule has 1 unspecified atom stereocenters. The van der Waals surface area contributed by atoms with Gasteiger partial charge in [-0.3, -0.25) is 0 Å². The van der Waals surface area contributed by atoms with E-state index in [4.69, 9.17) is 0 Å². The molecule has 0 spiro atoms. The molecule has 0 aliphatic carbocycles. The van der Waals surface area contributed by atoms with E-state index < -0.39 is 0 Å². The van der Waals surface area contributed by atoms with Gasteiger partial charge in [-0.25, -0.2) is 4.98 Å². The number of hydrogen-bond acceptors (Lipinski definition) is 2. The lowest BCUT2D eigenvalue weighted by Crippen LogP contribution is -2.25. The summed E-state index contributed by atoms with van der Waals surface area (Å²) in [5, 5.41) is 3.35. The second kappa shape index (κ2) is 4.79. The van der Waals surface area contributed by atoms with Gasteiger partial charge in [0.15, 0.2) is 0 Å². The van der Waals surface area contributed by atoms with Crippen molar-refractivity contribution in [3.8, 4) is 0 Å². The van der Waals surface area contributed by atoms with E-state index in [1.54, 1.807) is 0 Å². The highest BCUT2D eigenvalue weighted by Gasteiger charge is 2.21. The maximum absolute atomic E-state index is 4.44. The molecule has 1 N–H and O–H groups in total. The predicted molar refractivity (Wildman–Crippen MR) is 63.8 cm³/mol. The van der Waals surface area contributed by atoms with Crippen LogP contribution in [-0.4, -0.2) is 16.6 Å². The van der Waals surface area contributed by atoms with E-state index in [0.29, 0.717) is 11.5 Å². The second-order valence-electron chi connectivity index (χ2n) is 5.18. The van der Waals surface area contributed by atoms with Crippen molar-refractivity contribution in [1.29, 1.82) is 0 Å². The SMILES string of the molecule is CCn1ccnc1C(CC(C)(C)C)NC. The first-order chi connectivity index (χ1) is 6.98. The maximum Gasteiger partial charge on any atom is 0.125 e. The molecule has 15 heavy (non-hydrogen) atoms. The molecule has 0 aliphatic heterocycles. The third kappa shape index (κ3) is 3.34. The van der Waals surface area contributed by atoms with Gasteiger partial charge in [-0.1, -0.05) is 20.8 Å². The van der Waals surface area contributed by atoms with Crippen LogP contribution in [0, 0.1) is 5.41 Å². The van der Waals surface area contributed by atoms with E-state index in [-0.39, 0.29) is 0 Å². The van der Waals surface area contributed by atoms with Gasteiger partial charge in [0.25, 0.3) is 0 Å². The Kier molecular flexibility index (Phi) is 3.91. The van der Waals surface area contributed by atoms with Crippen molar-refractivity contribution in [2.45, 2.75) is 46.7 Å². The zero-order chi connectivity index (χ0) is 11.5. The quantitative estimate of drug-likeness (QED) is 0.826. The Balaban J connectivity index is 2.83. The van der Waals surface area contributed by atoms with Crippen molar-refractivity contribution in [3.63, 3.8) is 0 Å². The summed E-state index contributed by atoms with van der Waals surface area (Å²) in [5.41, 5.74) is 0.318. The highest BCUT2D eigenvalue weighted by Crippen LogP contribution is 2.28. The van der Waals surface area contributed by atoms with Gasteiger partial charge in [0, 0.05) is 18.9 Å². The summed E-state index contributed by atoms with van der Waals surface area (Å²) in [6.45, 7) is 9.91. The van der Waals surface area contributed by atoms with Crippen LogP contribution in [0.5, 0.6) is 0 Å². The Morgan fingerprint density at radius 2 is 2.13 bits per heavy atom. The molecule has 1 aromatic heterocycles. The van der Waals surface area contributed by atoms with Crippen molar-refractivity contribution in [1.82, 2.24) is 14.9 Å². The van der Waals surface area contributed by atoms with Crippen LogP contribution in [0.4, 0.5) is 0 Å². The third-order valence-corrected chi connectivity index (χ3v) is 2.57. The van der Waals surface area contributed by atoms with Gasteiger partial charge in [-0.15, -0.1) is 0 Å². The number of nitrogens with zero attached hydrogens (tertiary/aromatic N) is 2. The van der Waals surface area contributed by atoms with Crippen molar-refractivity contribution in [3.05, 3.63) is 18.2 Å². The summed E-state index contributed by atoms with van der Waals surface area (Å²) < 4.78 is 2.20. The number of imidazole rings is 1. The molecule has 1 rings (SSSR count). The van der Waals surface area contributed by atoms with Gasteiger partial charge in [0.05, 0.1) is 6.04 Å². The largest absolute Gasteiger partial charge is 0.334 e. The Hall–Kier alpha value is -0.830. The third-order valence-electron chi connectivity index (χ3n) is 2.57. The molecular formula is C12H23N3. The molecule has 0 fully saturated rings. The van der Waals surface area contributed by atoms with Crippen LogP contribution in [0.3, 0.4) is 0 Å². The lowest BCUT2D eigenvalue weighted by molar-refractivity contribution is 0.309. The van der Waals surface area contributed by atoms with E-state index in [1.807, 2.05) is 19.4 Å². The lowest BCUT2D eigenvalue weighted by atomic mass is 9.88. The topological polar surface area (TPSA) is 29.9 Å². The second-order valence-corrected chi connectivity index (χ2v) is 5.18. The average molecular weight is 209 g/mol. The normalized spacial score (nSPS) is 14.2. The fraction of sp³-hybridized carbons (Fsp3) is 0.750. The van der Waals surface area contributed by atoms with Gasteiger partial charge >= 0.3 is 0 Å². The Labute approximate surface area is 92.9 Å². The smallest absolute Gasteiger partial charge is 0.125 e. The van der Waals surface area contributed by atoms with Crippen molar-refractivity contribution >= 4 is 0 Å². The summed E-state index contributed by atoms with van der Waals surface area (Å²) in [4.78, 5) is 4.44. The minimum atomic E-state index is 0.318. The molecule has 1 atom stereocenters. The summed E-state index contributed by atoms with van der Waals surface area (Å²) >= 11 is 0. The molecular weight excluding hydrogens is 186 g/mol. The fourth-order valence-corrected chi connectivity index (χ4v) is 1.83. The predicted octanol–water partition coefficient (Wildman–Crippen LogP) is 2.60. The molecule has 0 aliphatic rings. The first-order valence-electron chi connectivity index (χ1n) is 5.66. The van der Waals surface area contributed by atoms with Crippen LogP contribution >= 0.6 is 0 Å². The number of aromatic nitrogens is 2. The zero-order valence-electron chi connectivity index (χ0n) is 10.5. The fourth-order valence-electron chi connectivity index (χ4n) is 1.83. The van der Waals surface area contributed by atoms with Crippen LogP contribution in [-0.2, 0) is 6.54 Å². The van der Waals surface area contributed by atoms with Crippen LogP contribution in [0.15, 0.2) is 12.4 Å².